The van der Waals surface area contributed by atoms with E-state index in [1.807, 2.05) is 6.92 Å². The molecule has 0 N–H and O–H groups in total. The van der Waals surface area contributed by atoms with Gasteiger partial charge >= 0.3 is 5.63 Å². The van der Waals surface area contributed by atoms with Crippen molar-refractivity contribution in [2.75, 3.05) is 7.05 Å². The van der Waals surface area contributed by atoms with E-state index in [0.29, 0.717) is 28.5 Å². The average Bonchev–Trinajstić information content (AvgIpc) is 3.05. The topological polar surface area (TPSA) is 90.5 Å². The van der Waals surface area contributed by atoms with E-state index in [0.717, 1.165) is 10.9 Å². The van der Waals surface area contributed by atoms with Crippen LogP contribution in [0.1, 0.15) is 23.9 Å². The quantitative estimate of drug-likeness (QED) is 0.607. The maximum Gasteiger partial charge on any atom is 0.339 e. The molecule has 1 unspecified atom stereocenters. The third kappa shape index (κ3) is 3.73. The monoisotopic (exact) mass is 404 g/mol. The summed E-state index contributed by atoms with van der Waals surface area (Å²) in [6, 6.07) is 3.22. The van der Waals surface area contributed by atoms with Gasteiger partial charge in [-0.25, -0.2) is 4.79 Å². The highest BCUT2D eigenvalue weighted by Gasteiger charge is 2.22. The summed E-state index contributed by atoms with van der Waals surface area (Å²) in [6.07, 6.45) is 0.770. The molecule has 0 bridgehead atoms. The Bertz CT molecular complexity index is 1110. The lowest BCUT2D eigenvalue weighted by atomic mass is 10.1. The first kappa shape index (κ1) is 19.9. The van der Waals surface area contributed by atoms with E-state index in [4.69, 9.17) is 20.8 Å². The van der Waals surface area contributed by atoms with Gasteiger partial charge in [0.1, 0.15) is 17.7 Å². The van der Waals surface area contributed by atoms with Gasteiger partial charge in [0, 0.05) is 31.1 Å². The number of nitrogens with zero attached hydrogens (tertiary/aromatic N) is 4. The van der Waals surface area contributed by atoms with E-state index in [1.54, 1.807) is 44.9 Å². The van der Waals surface area contributed by atoms with Crippen LogP contribution in [0, 0.1) is 13.8 Å². The van der Waals surface area contributed by atoms with E-state index in [1.165, 1.54) is 11.0 Å². The number of benzene rings is 1. The van der Waals surface area contributed by atoms with E-state index in [-0.39, 0.29) is 11.7 Å². The van der Waals surface area contributed by atoms with Gasteiger partial charge in [-0.3, -0.25) is 4.79 Å². The van der Waals surface area contributed by atoms with Gasteiger partial charge in [0.2, 0.25) is 0 Å². The number of carbonyl (C=O) groups excluding carboxylic acids is 1. The van der Waals surface area contributed by atoms with Crippen LogP contribution in [-0.2, 0) is 18.4 Å². The molecule has 0 aliphatic heterocycles. The van der Waals surface area contributed by atoms with Gasteiger partial charge in [-0.2, -0.15) is 0 Å². The Hall–Kier alpha value is -2.87. The van der Waals surface area contributed by atoms with Gasteiger partial charge < -0.3 is 18.6 Å². The molecule has 2 aromatic heterocycles. The standard InChI is InChI=1S/C19H21ClN4O4/c1-10-11(2)19(26)28-15-7-16(14(20)6-13(10)15)27-12(3)18(25)23(4)8-17-22-21-9-24(17)5/h6-7,9,12H,8H2,1-5H3. The van der Waals surface area contributed by atoms with Crippen molar-refractivity contribution in [2.45, 2.75) is 33.4 Å². The summed E-state index contributed by atoms with van der Waals surface area (Å²) >= 11 is 6.34. The smallest absolute Gasteiger partial charge is 0.339 e. The highest BCUT2D eigenvalue weighted by Crippen LogP contribution is 2.32. The van der Waals surface area contributed by atoms with Crippen LogP contribution in [0.15, 0.2) is 27.7 Å². The van der Waals surface area contributed by atoms with Gasteiger partial charge in [0.05, 0.1) is 11.6 Å². The maximum atomic E-state index is 12.6. The Labute approximate surface area is 166 Å². The Kier molecular flexibility index (Phi) is 5.42. The summed E-state index contributed by atoms with van der Waals surface area (Å²) in [7, 11) is 3.46. The summed E-state index contributed by atoms with van der Waals surface area (Å²) in [5.41, 5.74) is 1.28. The molecule has 0 radical (unpaired) electrons. The summed E-state index contributed by atoms with van der Waals surface area (Å²) < 4.78 is 12.8. The predicted molar refractivity (Wildman–Crippen MR) is 105 cm³/mol. The Morgan fingerprint density at radius 2 is 2.07 bits per heavy atom. The zero-order valence-corrected chi connectivity index (χ0v) is 17.1. The molecule has 2 heterocycles. The highest BCUT2D eigenvalue weighted by molar-refractivity contribution is 6.32. The van der Waals surface area contributed by atoms with Crippen LogP contribution in [0.3, 0.4) is 0 Å². The molecule has 1 aromatic carbocycles. The number of aryl methyl sites for hydroxylation is 2. The van der Waals surface area contributed by atoms with Crippen LogP contribution in [0.5, 0.6) is 5.75 Å². The van der Waals surface area contributed by atoms with Crippen LogP contribution < -0.4 is 10.4 Å². The number of hydrogen-bond acceptors (Lipinski definition) is 6. The minimum atomic E-state index is -0.800. The van der Waals surface area contributed by atoms with Crippen molar-refractivity contribution in [3.05, 3.63) is 50.9 Å². The van der Waals surface area contributed by atoms with Crippen LogP contribution in [0.25, 0.3) is 11.0 Å². The summed E-state index contributed by atoms with van der Waals surface area (Å²) in [5, 5.41) is 8.83. The first-order valence-corrected chi connectivity index (χ1v) is 9.05. The second-order valence-electron chi connectivity index (χ2n) is 6.73. The van der Waals surface area contributed by atoms with E-state index >= 15 is 0 Å². The fourth-order valence-electron chi connectivity index (χ4n) is 2.83. The summed E-state index contributed by atoms with van der Waals surface area (Å²) in [6.45, 7) is 5.46. The van der Waals surface area contributed by atoms with Crippen LogP contribution in [0.2, 0.25) is 5.02 Å². The van der Waals surface area contributed by atoms with Crippen molar-refractivity contribution in [2.24, 2.45) is 7.05 Å². The third-order valence-electron chi connectivity index (χ3n) is 4.72. The second-order valence-corrected chi connectivity index (χ2v) is 7.14. The van der Waals surface area contributed by atoms with Crippen LogP contribution in [0.4, 0.5) is 0 Å². The molecule has 148 valence electrons. The van der Waals surface area contributed by atoms with Crippen molar-refractivity contribution in [1.29, 1.82) is 0 Å². The van der Waals surface area contributed by atoms with Gasteiger partial charge in [0.15, 0.2) is 11.9 Å². The van der Waals surface area contributed by atoms with Crippen molar-refractivity contribution >= 4 is 28.5 Å². The molecule has 0 aliphatic carbocycles. The Morgan fingerprint density at radius 3 is 2.71 bits per heavy atom. The van der Waals surface area contributed by atoms with Crippen molar-refractivity contribution < 1.29 is 13.9 Å². The molecule has 1 atom stereocenters. The number of aromatic nitrogens is 3. The Balaban J connectivity index is 1.82. The molecule has 3 aromatic rings. The molecular weight excluding hydrogens is 384 g/mol. The number of rotatable bonds is 5. The largest absolute Gasteiger partial charge is 0.479 e. The zero-order valence-electron chi connectivity index (χ0n) is 16.3. The number of halogens is 1. The molecule has 1 amide bonds. The lowest BCUT2D eigenvalue weighted by Crippen LogP contribution is -2.38. The van der Waals surface area contributed by atoms with Gasteiger partial charge in [-0.1, -0.05) is 11.6 Å². The zero-order chi connectivity index (χ0) is 20.6. The number of fused-ring (bicyclic) bond motifs is 1. The number of likely N-dealkylation sites (N-methyl/N-ethyl adjacent to an activating group) is 1. The SMILES string of the molecule is Cc1c(C)c2cc(Cl)c(OC(C)C(=O)N(C)Cc3nncn3C)cc2oc1=O. The fourth-order valence-corrected chi connectivity index (χ4v) is 3.03. The van der Waals surface area contributed by atoms with Gasteiger partial charge in [-0.15, -0.1) is 10.2 Å². The Morgan fingerprint density at radius 1 is 1.36 bits per heavy atom. The first-order valence-electron chi connectivity index (χ1n) is 8.67. The number of ether oxygens (including phenoxy) is 1. The average molecular weight is 405 g/mol. The number of hydrogen-bond donors (Lipinski definition) is 0. The minimum Gasteiger partial charge on any atom is -0.479 e. The lowest BCUT2D eigenvalue weighted by molar-refractivity contribution is -0.137. The van der Waals surface area contributed by atoms with Gasteiger partial charge in [0.25, 0.3) is 5.91 Å². The molecular formula is C19H21ClN4O4. The van der Waals surface area contributed by atoms with Crippen LogP contribution >= 0.6 is 11.6 Å². The number of amides is 1. The lowest BCUT2D eigenvalue weighted by Gasteiger charge is -2.22. The molecule has 0 spiro atoms. The molecule has 3 rings (SSSR count). The second kappa shape index (κ2) is 7.63. The fraction of sp³-hybridized carbons (Fsp3) is 0.368. The molecule has 0 aliphatic rings. The molecule has 8 nitrogen and oxygen atoms in total. The van der Waals surface area contributed by atoms with E-state index in [2.05, 4.69) is 10.2 Å². The molecule has 28 heavy (non-hydrogen) atoms. The molecule has 0 fully saturated rings. The van der Waals surface area contributed by atoms with Crippen LogP contribution in [-0.4, -0.2) is 38.7 Å². The third-order valence-corrected chi connectivity index (χ3v) is 5.02. The van der Waals surface area contributed by atoms with Crippen molar-refractivity contribution in [3.8, 4) is 5.75 Å². The van der Waals surface area contributed by atoms with Crippen molar-refractivity contribution in [3.63, 3.8) is 0 Å². The van der Waals surface area contributed by atoms with E-state index < -0.39 is 11.7 Å². The first-order chi connectivity index (χ1) is 13.2. The van der Waals surface area contributed by atoms with Crippen molar-refractivity contribution in [1.82, 2.24) is 19.7 Å². The van der Waals surface area contributed by atoms with Gasteiger partial charge in [-0.05, 0) is 32.4 Å². The molecule has 0 saturated carbocycles. The molecule has 9 heteroatoms. The van der Waals surface area contributed by atoms with E-state index in [9.17, 15) is 9.59 Å². The predicted octanol–water partition coefficient (Wildman–Crippen LogP) is 2.62. The number of carbonyl (C=O) groups is 1. The minimum absolute atomic E-state index is 0.249. The highest BCUT2D eigenvalue weighted by atomic mass is 35.5. The maximum absolute atomic E-state index is 12.6. The normalized spacial score (nSPS) is 12.2. The molecule has 0 saturated heterocycles. The summed E-state index contributed by atoms with van der Waals surface area (Å²) in [4.78, 5) is 26.1. The summed E-state index contributed by atoms with van der Waals surface area (Å²) in [5.74, 6) is 0.675.